The molecule has 2 aromatic rings. The maximum atomic E-state index is 12.2. The first-order valence-corrected chi connectivity index (χ1v) is 11.9. The van der Waals surface area contributed by atoms with E-state index in [0.29, 0.717) is 6.04 Å². The Kier molecular flexibility index (Phi) is 6.01. The Labute approximate surface area is 159 Å². The second kappa shape index (κ2) is 8.08. The first kappa shape index (κ1) is 19.3. The van der Waals surface area contributed by atoms with Crippen LogP contribution < -0.4 is 15.7 Å². The molecule has 1 aliphatic rings. The number of hydrogen-bond acceptors (Lipinski definition) is 2. The molecular weight excluding hydrogens is 334 g/mol. The van der Waals surface area contributed by atoms with Gasteiger partial charge in [-0.3, -0.25) is 0 Å². The third kappa shape index (κ3) is 3.95. The van der Waals surface area contributed by atoms with Gasteiger partial charge in [0.2, 0.25) is 0 Å². The smallest absolute Gasteiger partial charge is 0.258 e. The molecule has 0 aromatic heterocycles. The Morgan fingerprint density at radius 3 is 1.96 bits per heavy atom. The zero-order chi connectivity index (χ0) is 18.6. The molecule has 140 valence electrons. The number of hydrogen-bond donors (Lipinski definition) is 2. The van der Waals surface area contributed by atoms with Gasteiger partial charge in [-0.1, -0.05) is 81.4 Å². The molecule has 0 spiro atoms. The van der Waals surface area contributed by atoms with Crippen LogP contribution in [0.3, 0.4) is 0 Å². The van der Waals surface area contributed by atoms with Crippen LogP contribution in [0, 0.1) is 5.92 Å². The van der Waals surface area contributed by atoms with Crippen molar-refractivity contribution in [2.45, 2.75) is 57.5 Å². The van der Waals surface area contributed by atoms with Gasteiger partial charge in [0.1, 0.15) is 0 Å². The van der Waals surface area contributed by atoms with Crippen molar-refractivity contribution in [3.63, 3.8) is 0 Å². The second-order valence-electron chi connectivity index (χ2n) is 8.65. The molecule has 2 nitrogen and oxygen atoms in total. The van der Waals surface area contributed by atoms with Crippen molar-refractivity contribution >= 4 is 18.7 Å². The van der Waals surface area contributed by atoms with Crippen LogP contribution in [0.25, 0.3) is 0 Å². The van der Waals surface area contributed by atoms with Gasteiger partial charge in [-0.2, -0.15) is 0 Å². The quantitative estimate of drug-likeness (QED) is 0.763. The Balaban J connectivity index is 1.86. The lowest BCUT2D eigenvalue weighted by molar-refractivity contribution is 0.300. The van der Waals surface area contributed by atoms with Crippen molar-refractivity contribution in [3.8, 4) is 0 Å². The van der Waals surface area contributed by atoms with Crippen molar-refractivity contribution < 1.29 is 4.80 Å². The molecule has 0 bridgehead atoms. The third-order valence-corrected chi connectivity index (χ3v) is 10.8. The lowest BCUT2D eigenvalue weighted by Crippen LogP contribution is -2.65. The van der Waals surface area contributed by atoms with Gasteiger partial charge in [-0.15, -0.1) is 0 Å². The molecule has 0 saturated carbocycles. The Morgan fingerprint density at radius 1 is 0.962 bits per heavy atom. The zero-order valence-corrected chi connectivity index (χ0v) is 17.4. The molecule has 3 heteroatoms. The fourth-order valence-corrected chi connectivity index (χ4v) is 8.08. The number of nitrogens with one attached hydrogen (secondary N) is 1. The molecule has 1 aliphatic heterocycles. The lowest BCUT2D eigenvalue weighted by atomic mass is 9.92. The van der Waals surface area contributed by atoms with E-state index in [0.717, 1.165) is 35.7 Å². The molecule has 1 saturated heterocycles. The predicted molar refractivity (Wildman–Crippen MR) is 114 cm³/mol. The van der Waals surface area contributed by atoms with E-state index in [-0.39, 0.29) is 5.04 Å². The SMILES string of the molecule is C[C@@H]1CC[C@@H](CCC(C)(C)[Si](O)(c2ccccc2)c2ccccc2)NC1. The second-order valence-corrected chi connectivity index (χ2v) is 12.6. The average Bonchev–Trinajstić information content (AvgIpc) is 2.68. The largest absolute Gasteiger partial charge is 0.424 e. The fraction of sp³-hybridized carbons (Fsp3) is 0.478. The first-order valence-electron chi connectivity index (χ1n) is 10.0. The van der Waals surface area contributed by atoms with Crippen molar-refractivity contribution in [1.29, 1.82) is 0 Å². The normalized spacial score (nSPS) is 21.5. The van der Waals surface area contributed by atoms with Crippen LogP contribution in [0.5, 0.6) is 0 Å². The summed E-state index contributed by atoms with van der Waals surface area (Å²) in [5.41, 5.74) is 0. The van der Waals surface area contributed by atoms with E-state index < -0.39 is 8.32 Å². The van der Waals surface area contributed by atoms with Crippen LogP contribution >= 0.6 is 0 Å². The number of benzene rings is 2. The zero-order valence-electron chi connectivity index (χ0n) is 16.4. The van der Waals surface area contributed by atoms with E-state index in [2.05, 4.69) is 74.6 Å². The van der Waals surface area contributed by atoms with Gasteiger partial charge in [0, 0.05) is 6.04 Å². The molecule has 2 N–H and O–H groups in total. The summed E-state index contributed by atoms with van der Waals surface area (Å²) in [6.45, 7) is 7.99. The third-order valence-electron chi connectivity index (χ3n) is 6.24. The van der Waals surface area contributed by atoms with E-state index >= 15 is 0 Å². The standard InChI is InChI=1S/C23H33NOSi/c1-19-14-15-20(24-18-19)16-17-23(2,3)26(25,21-10-6-4-7-11-21)22-12-8-5-9-13-22/h4-13,19-20,24-25H,14-18H2,1-3H3/t19-,20+/m1/s1. The van der Waals surface area contributed by atoms with Crippen LogP contribution in [0.4, 0.5) is 0 Å². The highest BCUT2D eigenvalue weighted by molar-refractivity contribution is 6.98. The van der Waals surface area contributed by atoms with Crippen molar-refractivity contribution in [3.05, 3.63) is 60.7 Å². The van der Waals surface area contributed by atoms with Crippen molar-refractivity contribution in [2.75, 3.05) is 6.54 Å². The lowest BCUT2D eigenvalue weighted by Gasteiger charge is -2.42. The monoisotopic (exact) mass is 367 g/mol. The molecule has 2 atom stereocenters. The van der Waals surface area contributed by atoms with E-state index in [1.807, 2.05) is 12.1 Å². The van der Waals surface area contributed by atoms with Crippen LogP contribution in [0.15, 0.2) is 60.7 Å². The minimum absolute atomic E-state index is 0.138. The van der Waals surface area contributed by atoms with Crippen LogP contribution in [0.2, 0.25) is 5.04 Å². The van der Waals surface area contributed by atoms with Gasteiger partial charge in [0.25, 0.3) is 8.32 Å². The summed E-state index contributed by atoms with van der Waals surface area (Å²) in [5, 5.41) is 5.79. The highest BCUT2D eigenvalue weighted by atomic mass is 28.4. The first-order chi connectivity index (χ1) is 12.4. The molecule has 1 fully saturated rings. The fourth-order valence-electron chi connectivity index (χ4n) is 4.33. The summed E-state index contributed by atoms with van der Waals surface area (Å²) in [6.07, 6.45) is 4.74. The van der Waals surface area contributed by atoms with E-state index in [1.165, 1.54) is 12.8 Å². The molecule has 0 unspecified atom stereocenters. The summed E-state index contributed by atoms with van der Waals surface area (Å²) in [4.78, 5) is 12.2. The van der Waals surface area contributed by atoms with Gasteiger partial charge in [-0.25, -0.2) is 0 Å². The Hall–Kier alpha value is -1.42. The van der Waals surface area contributed by atoms with Crippen LogP contribution in [-0.4, -0.2) is 25.7 Å². The maximum absolute atomic E-state index is 12.2. The van der Waals surface area contributed by atoms with Gasteiger partial charge >= 0.3 is 0 Å². The van der Waals surface area contributed by atoms with Crippen molar-refractivity contribution in [2.24, 2.45) is 5.92 Å². The summed E-state index contributed by atoms with van der Waals surface area (Å²) in [7, 11) is -2.86. The number of piperidine rings is 1. The maximum Gasteiger partial charge on any atom is 0.258 e. The molecule has 0 aliphatic carbocycles. The van der Waals surface area contributed by atoms with Gasteiger partial charge < -0.3 is 10.1 Å². The highest BCUT2D eigenvalue weighted by Crippen LogP contribution is 2.40. The summed E-state index contributed by atoms with van der Waals surface area (Å²) < 4.78 is 0. The summed E-state index contributed by atoms with van der Waals surface area (Å²) >= 11 is 0. The van der Waals surface area contributed by atoms with Crippen LogP contribution in [-0.2, 0) is 0 Å². The molecule has 26 heavy (non-hydrogen) atoms. The Bertz CT molecular complexity index is 638. The van der Waals surface area contributed by atoms with Gasteiger partial charge in [-0.05, 0) is 53.6 Å². The van der Waals surface area contributed by atoms with E-state index in [4.69, 9.17) is 0 Å². The minimum atomic E-state index is -2.86. The molecule has 1 heterocycles. The summed E-state index contributed by atoms with van der Waals surface area (Å²) in [6, 6.07) is 21.3. The van der Waals surface area contributed by atoms with Gasteiger partial charge in [0.05, 0.1) is 0 Å². The average molecular weight is 368 g/mol. The molecule has 0 radical (unpaired) electrons. The molecular formula is C23H33NOSi. The predicted octanol–water partition coefficient (Wildman–Crippen LogP) is 3.69. The van der Waals surface area contributed by atoms with E-state index in [9.17, 15) is 4.80 Å². The minimum Gasteiger partial charge on any atom is -0.424 e. The number of rotatable bonds is 6. The topological polar surface area (TPSA) is 32.3 Å². The Morgan fingerprint density at radius 2 is 1.50 bits per heavy atom. The highest BCUT2D eigenvalue weighted by Gasteiger charge is 2.49. The molecule has 2 aromatic carbocycles. The molecule has 0 amide bonds. The van der Waals surface area contributed by atoms with E-state index in [1.54, 1.807) is 0 Å². The summed E-state index contributed by atoms with van der Waals surface area (Å²) in [5.74, 6) is 0.791. The van der Waals surface area contributed by atoms with Crippen molar-refractivity contribution in [1.82, 2.24) is 5.32 Å². The van der Waals surface area contributed by atoms with Gasteiger partial charge in [0.15, 0.2) is 0 Å². The molecule has 3 rings (SSSR count). The van der Waals surface area contributed by atoms with Crippen LogP contribution in [0.1, 0.15) is 46.5 Å².